The van der Waals surface area contributed by atoms with Gasteiger partial charge < -0.3 is 5.11 Å². The van der Waals surface area contributed by atoms with Crippen molar-refractivity contribution in [3.05, 3.63) is 48.5 Å². The number of nitrogens with zero attached hydrogens (tertiary/aromatic N) is 2. The summed E-state index contributed by atoms with van der Waals surface area (Å²) in [6.07, 6.45) is -0.173. The molecule has 0 saturated heterocycles. The van der Waals surface area contributed by atoms with Crippen LogP contribution in [-0.4, -0.2) is 22.8 Å². The van der Waals surface area contributed by atoms with E-state index in [0.717, 1.165) is 27.6 Å². The number of para-hydroxylation sites is 2. The topological polar surface area (TPSA) is 43.8 Å². The molecule has 4 nitrogen and oxygen atoms in total. The van der Waals surface area contributed by atoms with E-state index in [1.807, 2.05) is 60.5 Å². The number of carboxylic acid groups (broad SMARTS) is 1. The Hall–Kier alpha value is -2.14. The van der Waals surface area contributed by atoms with E-state index < -0.39 is 6.09 Å². The molecule has 1 N–H and O–H groups in total. The smallest absolute Gasteiger partial charge is 0.426 e. The first-order chi connectivity index (χ1) is 10.2. The Morgan fingerprint density at radius 3 is 2.10 bits per heavy atom. The Morgan fingerprint density at radius 2 is 1.62 bits per heavy atom. The maximum absolute atomic E-state index is 11.7. The number of anilines is 2. The van der Waals surface area contributed by atoms with Crippen molar-refractivity contribution >= 4 is 29.2 Å². The summed E-state index contributed by atoms with van der Waals surface area (Å²) in [5, 5.41) is 12.8. The highest BCUT2D eigenvalue weighted by molar-refractivity contribution is 7.99. The predicted octanol–water partition coefficient (Wildman–Crippen LogP) is 4.59. The summed E-state index contributed by atoms with van der Waals surface area (Å²) in [6, 6.07) is 15.8. The van der Waals surface area contributed by atoms with Crippen molar-refractivity contribution in [3.63, 3.8) is 0 Å². The summed E-state index contributed by atoms with van der Waals surface area (Å²) in [7, 11) is 0. The second kappa shape index (κ2) is 5.69. The number of hydrazine groups is 1. The van der Waals surface area contributed by atoms with Gasteiger partial charge in [-0.1, -0.05) is 43.0 Å². The average molecular weight is 300 g/mol. The molecule has 21 heavy (non-hydrogen) atoms. The molecule has 0 fully saturated rings. The van der Waals surface area contributed by atoms with E-state index in [1.165, 1.54) is 5.01 Å². The minimum atomic E-state index is -0.937. The van der Waals surface area contributed by atoms with Gasteiger partial charge in [0.2, 0.25) is 0 Å². The largest absolute Gasteiger partial charge is 0.464 e. The molecule has 0 unspecified atom stereocenters. The van der Waals surface area contributed by atoms with Crippen LogP contribution >= 0.6 is 11.8 Å². The number of rotatable bonds is 3. The molecule has 0 saturated carbocycles. The van der Waals surface area contributed by atoms with E-state index in [4.69, 9.17) is 0 Å². The highest BCUT2D eigenvalue weighted by Crippen LogP contribution is 2.48. The zero-order valence-electron chi connectivity index (χ0n) is 11.7. The first-order valence-corrected chi connectivity index (χ1v) is 7.70. The van der Waals surface area contributed by atoms with Gasteiger partial charge in [0, 0.05) is 16.3 Å². The lowest BCUT2D eigenvalue weighted by atomic mass is 10.2. The van der Waals surface area contributed by atoms with Gasteiger partial charge in [-0.2, -0.15) is 0 Å². The number of amides is 1. The van der Waals surface area contributed by atoms with Crippen LogP contribution in [0, 0.1) is 0 Å². The lowest BCUT2D eigenvalue weighted by Gasteiger charge is -2.38. The van der Waals surface area contributed by atoms with Crippen LogP contribution in [0.2, 0.25) is 0 Å². The fraction of sp³-hybridized carbons (Fsp3) is 0.188. The summed E-state index contributed by atoms with van der Waals surface area (Å²) in [5.41, 5.74) is 1.83. The molecule has 2 aromatic rings. The van der Waals surface area contributed by atoms with Crippen LogP contribution in [-0.2, 0) is 0 Å². The molecule has 0 spiro atoms. The van der Waals surface area contributed by atoms with Crippen molar-refractivity contribution in [2.75, 3.05) is 11.6 Å². The summed E-state index contributed by atoms with van der Waals surface area (Å²) in [4.78, 5) is 13.8. The van der Waals surface area contributed by atoms with Crippen molar-refractivity contribution < 1.29 is 9.90 Å². The normalized spacial score (nSPS) is 12.5. The minimum Gasteiger partial charge on any atom is -0.464 e. The zero-order chi connectivity index (χ0) is 14.8. The van der Waals surface area contributed by atoms with Crippen LogP contribution in [0.5, 0.6) is 0 Å². The van der Waals surface area contributed by atoms with Gasteiger partial charge in [0.1, 0.15) is 0 Å². The molecule has 0 aromatic heterocycles. The molecular weight excluding hydrogens is 284 g/mol. The van der Waals surface area contributed by atoms with Crippen LogP contribution in [0.4, 0.5) is 16.2 Å². The predicted molar refractivity (Wildman–Crippen MR) is 84.2 cm³/mol. The molecule has 1 aliphatic rings. The van der Waals surface area contributed by atoms with E-state index in [1.54, 1.807) is 11.8 Å². The highest BCUT2D eigenvalue weighted by Gasteiger charge is 2.29. The van der Waals surface area contributed by atoms with Gasteiger partial charge in [-0.15, -0.1) is 0 Å². The fourth-order valence-electron chi connectivity index (χ4n) is 2.44. The molecule has 0 radical (unpaired) electrons. The molecule has 2 aromatic carbocycles. The molecule has 0 aliphatic carbocycles. The van der Waals surface area contributed by atoms with Gasteiger partial charge in [0.25, 0.3) is 0 Å². The number of hydrogen-bond donors (Lipinski definition) is 1. The first-order valence-electron chi connectivity index (χ1n) is 6.88. The second-order valence-corrected chi connectivity index (χ2v) is 5.84. The van der Waals surface area contributed by atoms with Crippen molar-refractivity contribution in [3.8, 4) is 0 Å². The molecule has 0 atom stereocenters. The molecular formula is C16H16N2O2S. The van der Waals surface area contributed by atoms with Crippen molar-refractivity contribution in [1.82, 2.24) is 5.01 Å². The quantitative estimate of drug-likeness (QED) is 0.900. The zero-order valence-corrected chi connectivity index (χ0v) is 12.5. The number of hydrogen-bond acceptors (Lipinski definition) is 3. The van der Waals surface area contributed by atoms with Gasteiger partial charge in [-0.3, -0.25) is 0 Å². The Kier molecular flexibility index (Phi) is 3.75. The van der Waals surface area contributed by atoms with E-state index in [9.17, 15) is 9.90 Å². The van der Waals surface area contributed by atoms with Gasteiger partial charge in [0.05, 0.1) is 11.4 Å². The van der Waals surface area contributed by atoms with Crippen molar-refractivity contribution in [2.24, 2.45) is 0 Å². The summed E-state index contributed by atoms with van der Waals surface area (Å²) < 4.78 is 0. The van der Waals surface area contributed by atoms with E-state index in [0.29, 0.717) is 6.54 Å². The molecule has 3 rings (SSSR count). The minimum absolute atomic E-state index is 0.461. The van der Waals surface area contributed by atoms with Gasteiger partial charge in [-0.05, 0) is 30.7 Å². The van der Waals surface area contributed by atoms with E-state index in [2.05, 4.69) is 0 Å². The summed E-state index contributed by atoms with van der Waals surface area (Å²) >= 11 is 1.67. The van der Waals surface area contributed by atoms with E-state index in [-0.39, 0.29) is 0 Å². The van der Waals surface area contributed by atoms with Crippen LogP contribution in [0.1, 0.15) is 13.3 Å². The van der Waals surface area contributed by atoms with Crippen LogP contribution in [0.25, 0.3) is 0 Å². The lowest BCUT2D eigenvalue weighted by molar-refractivity contribution is 0.145. The molecule has 5 heteroatoms. The van der Waals surface area contributed by atoms with Crippen LogP contribution in [0.15, 0.2) is 58.3 Å². The van der Waals surface area contributed by atoms with Crippen molar-refractivity contribution in [1.29, 1.82) is 0 Å². The van der Waals surface area contributed by atoms with Gasteiger partial charge >= 0.3 is 6.09 Å². The van der Waals surface area contributed by atoms with Crippen LogP contribution in [0.3, 0.4) is 0 Å². The Morgan fingerprint density at radius 1 is 1.10 bits per heavy atom. The second-order valence-electron chi connectivity index (χ2n) is 4.76. The SMILES string of the molecule is CCCN(C(=O)O)N1c2ccccc2Sc2ccccc21. The highest BCUT2D eigenvalue weighted by atomic mass is 32.2. The third-order valence-corrected chi connectivity index (χ3v) is 4.43. The fourth-order valence-corrected chi connectivity index (χ4v) is 3.49. The standard InChI is InChI=1S/C16H16N2O2S/c1-2-11-17(16(19)20)18-12-7-3-5-9-14(12)21-15-10-6-4-8-13(15)18/h3-10H,2,11H2,1H3,(H,19,20). The maximum atomic E-state index is 11.7. The van der Waals surface area contributed by atoms with Gasteiger partial charge in [-0.25, -0.2) is 14.8 Å². The van der Waals surface area contributed by atoms with Crippen molar-refractivity contribution in [2.45, 2.75) is 23.1 Å². The maximum Gasteiger partial charge on any atom is 0.426 e. The lowest BCUT2D eigenvalue weighted by Crippen LogP contribution is -2.44. The number of carbonyl (C=O) groups is 1. The third kappa shape index (κ3) is 2.45. The average Bonchev–Trinajstić information content (AvgIpc) is 2.50. The summed E-state index contributed by atoms with van der Waals surface area (Å²) in [5.74, 6) is 0. The van der Waals surface area contributed by atoms with E-state index >= 15 is 0 Å². The Balaban J connectivity index is 2.16. The number of benzene rings is 2. The molecule has 1 heterocycles. The van der Waals surface area contributed by atoms with Crippen LogP contribution < -0.4 is 5.01 Å². The Bertz CT molecular complexity index is 629. The summed E-state index contributed by atoms with van der Waals surface area (Å²) in [6.45, 7) is 2.44. The van der Waals surface area contributed by atoms with Gasteiger partial charge in [0.15, 0.2) is 0 Å². The molecule has 1 amide bonds. The number of fused-ring (bicyclic) bond motifs is 2. The third-order valence-electron chi connectivity index (χ3n) is 3.30. The molecule has 108 valence electrons. The first kappa shape index (κ1) is 13.8. The Labute approximate surface area is 128 Å². The molecule has 0 bridgehead atoms. The molecule has 1 aliphatic heterocycles. The monoisotopic (exact) mass is 300 g/mol.